The second-order valence-electron chi connectivity index (χ2n) is 6.19. The zero-order chi connectivity index (χ0) is 16.4. The normalized spacial score (nSPS) is 22.8. The Morgan fingerprint density at radius 1 is 1.26 bits per heavy atom. The molecular weight excluding hydrogens is 405 g/mol. The van der Waals surface area contributed by atoms with Crippen LogP contribution in [-0.2, 0) is 13.4 Å². The Morgan fingerprint density at radius 3 is 2.65 bits per heavy atom. The van der Waals surface area contributed by atoms with Crippen LogP contribution in [0.5, 0.6) is 0 Å². The monoisotopic (exact) mass is 425 g/mol. The molecule has 0 N–H and O–H groups in total. The van der Waals surface area contributed by atoms with Crippen LogP contribution in [0.15, 0.2) is 17.0 Å². The standard InChI is InChI=1S/C17H21NS2.2ClH.Cr/c1-11-9-14-15-10-12(2)20-17(15)13(16(14)19-11)5-8-18-6-3-4-7-18;;;/h9-10,16H,3-8H2,1-2H3;2*1H;/q;;;+2/p-2. The predicted octanol–water partition coefficient (Wildman–Crippen LogP) is 4.25. The number of thiophene rings is 1. The van der Waals surface area contributed by atoms with E-state index in [9.17, 15) is 0 Å². The van der Waals surface area contributed by atoms with E-state index in [1.807, 2.05) is 11.3 Å². The van der Waals surface area contributed by atoms with E-state index >= 15 is 0 Å². The van der Waals surface area contributed by atoms with Crippen molar-refractivity contribution in [3.05, 3.63) is 31.7 Å². The summed E-state index contributed by atoms with van der Waals surface area (Å²) in [6.07, 6.45) is 6.47. The molecule has 23 heavy (non-hydrogen) atoms. The van der Waals surface area contributed by atoms with Gasteiger partial charge in [0.25, 0.3) is 0 Å². The average molecular weight is 426 g/mol. The molecule has 3 aliphatic rings. The molecule has 126 valence electrons. The van der Waals surface area contributed by atoms with Gasteiger partial charge in [-0.2, -0.15) is 0 Å². The van der Waals surface area contributed by atoms with Crippen LogP contribution in [0.1, 0.15) is 31.1 Å². The van der Waals surface area contributed by atoms with Crippen molar-refractivity contribution >= 4 is 54.3 Å². The number of rotatable bonds is 3. The van der Waals surface area contributed by atoms with Gasteiger partial charge in [0.05, 0.1) is 5.25 Å². The third kappa shape index (κ3) is 4.06. The molecule has 1 aliphatic carbocycles. The number of hydrogen-bond acceptors (Lipinski definition) is 3. The molecule has 1 atom stereocenters. The van der Waals surface area contributed by atoms with Gasteiger partial charge in [-0.05, 0) is 79.6 Å². The van der Waals surface area contributed by atoms with Crippen LogP contribution in [0.4, 0.5) is 0 Å². The van der Waals surface area contributed by atoms with E-state index in [0.29, 0.717) is 5.25 Å². The van der Waals surface area contributed by atoms with E-state index in [0.717, 1.165) is 0 Å². The molecule has 3 heterocycles. The fourth-order valence-electron chi connectivity index (χ4n) is 3.67. The van der Waals surface area contributed by atoms with Gasteiger partial charge in [-0.15, -0.1) is 23.1 Å². The van der Waals surface area contributed by atoms with Crippen LogP contribution in [0.25, 0.3) is 11.1 Å². The number of fused-ring (bicyclic) bond motifs is 2. The fraction of sp³-hybridized carbons (Fsp3) is 0.529. The number of likely N-dealkylation sites (tertiary alicyclic amines) is 1. The molecule has 1 aromatic heterocycles. The molecule has 0 saturated carbocycles. The molecule has 1 unspecified atom stereocenters. The predicted molar refractivity (Wildman–Crippen MR) is 102 cm³/mol. The number of nitrogens with zero attached hydrogens (tertiary/aromatic N) is 1. The van der Waals surface area contributed by atoms with E-state index in [-0.39, 0.29) is 13.4 Å². The molecule has 1 aromatic rings. The van der Waals surface area contributed by atoms with E-state index in [2.05, 4.69) is 42.7 Å². The first-order valence-corrected chi connectivity index (χ1v) is 13.1. The molecule has 4 rings (SSSR count). The molecule has 0 radical (unpaired) electrons. The van der Waals surface area contributed by atoms with Gasteiger partial charge in [0.15, 0.2) is 0 Å². The summed E-state index contributed by atoms with van der Waals surface area (Å²) in [5.74, 6) is 0. The van der Waals surface area contributed by atoms with E-state index in [1.54, 1.807) is 20.9 Å². The van der Waals surface area contributed by atoms with Crippen molar-refractivity contribution in [1.29, 1.82) is 0 Å². The number of allylic oxidation sites excluding steroid dienone is 2. The Labute approximate surface area is 161 Å². The molecule has 1 nitrogen and oxygen atoms in total. The molecule has 2 aliphatic heterocycles. The van der Waals surface area contributed by atoms with Crippen LogP contribution >= 0.6 is 43.2 Å². The van der Waals surface area contributed by atoms with Crippen molar-refractivity contribution < 1.29 is 13.4 Å². The summed E-state index contributed by atoms with van der Waals surface area (Å²) in [5.41, 5.74) is 3.29. The summed E-state index contributed by atoms with van der Waals surface area (Å²) in [5, 5.41) is 2.18. The summed E-state index contributed by atoms with van der Waals surface area (Å²) >= 11 is 3.89. The molecular formula is C17H21Cl2CrNS2. The number of halogens is 2. The second kappa shape index (κ2) is 8.32. The summed E-state index contributed by atoms with van der Waals surface area (Å²) in [6, 6.07) is 2.40. The minimum atomic E-state index is -0.181. The van der Waals surface area contributed by atoms with Gasteiger partial charge in [-0.25, -0.2) is 0 Å². The van der Waals surface area contributed by atoms with Gasteiger partial charge in [-0.1, -0.05) is 0 Å². The molecule has 0 spiro atoms. The molecule has 0 amide bonds. The van der Waals surface area contributed by atoms with Crippen LogP contribution in [-0.4, -0.2) is 29.8 Å². The maximum atomic E-state index is 4.83. The van der Waals surface area contributed by atoms with Gasteiger partial charge in [0.1, 0.15) is 0 Å². The SMILES string of the molecule is CC1=CC2=c3cc(C)sc3=C(CCN3CCCC3)C2S1.[Cl][Cr][Cl]. The van der Waals surface area contributed by atoms with Crippen molar-refractivity contribution in [3.63, 3.8) is 0 Å². The maximum absolute atomic E-state index is 4.83. The van der Waals surface area contributed by atoms with Gasteiger partial charge in [0, 0.05) is 16.0 Å². The molecule has 0 aromatic carbocycles. The number of aryl methyl sites for hydroxylation is 1. The van der Waals surface area contributed by atoms with Crippen molar-refractivity contribution in [2.75, 3.05) is 19.6 Å². The molecule has 0 bridgehead atoms. The summed E-state index contributed by atoms with van der Waals surface area (Å²) in [6.45, 7) is 8.39. The van der Waals surface area contributed by atoms with Crippen LogP contribution < -0.4 is 9.75 Å². The van der Waals surface area contributed by atoms with Crippen LogP contribution in [0, 0.1) is 6.92 Å². The van der Waals surface area contributed by atoms with Gasteiger partial charge in [-0.3, -0.25) is 0 Å². The fourth-order valence-corrected chi connectivity index (χ4v) is 6.15. The zero-order valence-corrected chi connectivity index (χ0v) is 17.8. The number of thioether (sulfide) groups is 1. The average Bonchev–Trinajstić information content (AvgIpc) is 3.23. The second-order valence-corrected chi connectivity index (χ2v) is 10.9. The minimum absolute atomic E-state index is 0.181. The summed E-state index contributed by atoms with van der Waals surface area (Å²) in [7, 11) is 9.65. The quantitative estimate of drug-likeness (QED) is 0.711. The summed E-state index contributed by atoms with van der Waals surface area (Å²) < 4.78 is 1.60. The van der Waals surface area contributed by atoms with Gasteiger partial charge in [0.2, 0.25) is 0 Å². The Balaban J connectivity index is 0.000000485. The molecule has 1 saturated heterocycles. The van der Waals surface area contributed by atoms with Gasteiger partial charge < -0.3 is 4.90 Å². The Hall–Kier alpha value is 0.602. The van der Waals surface area contributed by atoms with Crippen LogP contribution in [0.2, 0.25) is 0 Å². The molecule has 6 heteroatoms. The third-order valence-corrected chi connectivity index (χ3v) is 7.01. The van der Waals surface area contributed by atoms with E-state index in [1.165, 1.54) is 48.7 Å². The van der Waals surface area contributed by atoms with Crippen molar-refractivity contribution in [2.24, 2.45) is 0 Å². The third-order valence-electron chi connectivity index (χ3n) is 4.62. The van der Waals surface area contributed by atoms with Crippen molar-refractivity contribution in [1.82, 2.24) is 4.90 Å². The van der Waals surface area contributed by atoms with E-state index in [4.69, 9.17) is 20.1 Å². The van der Waals surface area contributed by atoms with Crippen LogP contribution in [0.3, 0.4) is 0 Å². The topological polar surface area (TPSA) is 3.24 Å². The van der Waals surface area contributed by atoms with Crippen molar-refractivity contribution in [3.8, 4) is 0 Å². The first-order valence-electron chi connectivity index (χ1n) is 7.94. The Bertz CT molecular complexity index is 719. The zero-order valence-electron chi connectivity index (χ0n) is 13.4. The first kappa shape index (κ1) is 18.4. The van der Waals surface area contributed by atoms with E-state index < -0.39 is 0 Å². The van der Waals surface area contributed by atoms with Gasteiger partial charge >= 0.3 is 33.5 Å². The molecule has 1 fully saturated rings. The Kier molecular flexibility index (Phi) is 6.66. The Morgan fingerprint density at radius 2 is 1.96 bits per heavy atom. The number of hydrogen-bond donors (Lipinski definition) is 0. The van der Waals surface area contributed by atoms with Crippen molar-refractivity contribution in [2.45, 2.75) is 38.4 Å². The summed E-state index contributed by atoms with van der Waals surface area (Å²) in [4.78, 5) is 5.59. The first-order chi connectivity index (χ1) is 11.1.